The fraction of sp³-hybridized carbons (Fsp3) is 0.222. The van der Waals surface area contributed by atoms with Crippen LogP contribution < -0.4 is 9.30 Å². The number of carboxylic acids is 1. The van der Waals surface area contributed by atoms with E-state index < -0.39 is 5.97 Å². The molecule has 0 radical (unpaired) electrons. The lowest BCUT2D eigenvalue weighted by atomic mass is 10.3. The predicted octanol–water partition coefficient (Wildman–Crippen LogP) is 3.75. The highest BCUT2D eigenvalue weighted by Gasteiger charge is 2.19. The van der Waals surface area contributed by atoms with Crippen LogP contribution in [0.4, 0.5) is 0 Å². The van der Waals surface area contributed by atoms with Gasteiger partial charge in [-0.05, 0) is 48.2 Å². The Hall–Kier alpha value is -2.18. The van der Waals surface area contributed by atoms with E-state index >= 15 is 0 Å². The van der Waals surface area contributed by atoms with Gasteiger partial charge in [-0.2, -0.15) is 0 Å². The monoisotopic (exact) mass is 377 g/mol. The average molecular weight is 378 g/mol. The molecule has 0 saturated heterocycles. The molecule has 130 valence electrons. The van der Waals surface area contributed by atoms with Crippen LogP contribution in [0.3, 0.4) is 0 Å². The van der Waals surface area contributed by atoms with Gasteiger partial charge in [0, 0.05) is 10.8 Å². The SMILES string of the molecule is O=C(O)CC[n+]1c(SCCOc2ccc(Cl)cc2)[nH]c2ccccc21. The second-order valence-electron chi connectivity index (χ2n) is 5.39. The van der Waals surface area contributed by atoms with Gasteiger partial charge >= 0.3 is 11.1 Å². The summed E-state index contributed by atoms with van der Waals surface area (Å²) in [5, 5.41) is 10.6. The van der Waals surface area contributed by atoms with Crippen LogP contribution in [0.25, 0.3) is 11.0 Å². The number of para-hydroxylation sites is 2. The zero-order valence-electron chi connectivity index (χ0n) is 13.4. The summed E-state index contributed by atoms with van der Waals surface area (Å²) < 4.78 is 7.71. The number of carbonyl (C=O) groups is 1. The van der Waals surface area contributed by atoms with Crippen molar-refractivity contribution in [2.24, 2.45) is 0 Å². The summed E-state index contributed by atoms with van der Waals surface area (Å²) in [6.45, 7) is 0.973. The molecule has 0 fully saturated rings. The van der Waals surface area contributed by atoms with Crippen LogP contribution in [0.2, 0.25) is 5.02 Å². The average Bonchev–Trinajstić information content (AvgIpc) is 2.96. The number of fused-ring (bicyclic) bond motifs is 1. The lowest BCUT2D eigenvalue weighted by Gasteiger charge is -2.05. The first-order chi connectivity index (χ1) is 12.1. The molecule has 5 nitrogen and oxygen atoms in total. The van der Waals surface area contributed by atoms with E-state index in [1.54, 1.807) is 23.9 Å². The lowest BCUT2D eigenvalue weighted by Crippen LogP contribution is -2.36. The van der Waals surface area contributed by atoms with Crippen molar-refractivity contribution in [1.29, 1.82) is 0 Å². The van der Waals surface area contributed by atoms with Crippen molar-refractivity contribution in [3.05, 3.63) is 53.6 Å². The number of aryl methyl sites for hydroxylation is 1. The van der Waals surface area contributed by atoms with Gasteiger partial charge in [0.1, 0.15) is 12.3 Å². The maximum absolute atomic E-state index is 10.9. The predicted molar refractivity (Wildman–Crippen MR) is 98.4 cm³/mol. The zero-order chi connectivity index (χ0) is 17.6. The minimum absolute atomic E-state index is 0.0847. The maximum atomic E-state index is 10.9. The lowest BCUT2D eigenvalue weighted by molar-refractivity contribution is -0.707. The topological polar surface area (TPSA) is 66.2 Å². The fourth-order valence-corrected chi connectivity index (χ4v) is 3.49. The van der Waals surface area contributed by atoms with Gasteiger partial charge in [-0.15, -0.1) is 0 Å². The number of hydrogen-bond acceptors (Lipinski definition) is 3. The summed E-state index contributed by atoms with van der Waals surface area (Å²) in [5.41, 5.74) is 2.00. The zero-order valence-corrected chi connectivity index (χ0v) is 15.0. The molecule has 0 atom stereocenters. The van der Waals surface area contributed by atoms with E-state index in [0.717, 1.165) is 27.7 Å². The van der Waals surface area contributed by atoms with Crippen molar-refractivity contribution in [2.45, 2.75) is 18.1 Å². The highest BCUT2D eigenvalue weighted by Crippen LogP contribution is 2.19. The van der Waals surface area contributed by atoms with Gasteiger partial charge in [-0.1, -0.05) is 23.7 Å². The number of aromatic amines is 1. The number of benzene rings is 2. The van der Waals surface area contributed by atoms with Gasteiger partial charge in [-0.25, -0.2) is 9.55 Å². The van der Waals surface area contributed by atoms with Gasteiger partial charge in [0.25, 0.3) is 0 Å². The number of ether oxygens (including phenoxy) is 1. The molecule has 0 bridgehead atoms. The standard InChI is InChI=1S/C18H17ClN2O3S/c19-13-5-7-14(8-6-13)24-11-12-25-18-20-15-3-1-2-4-16(15)21(18)10-9-17(22)23/h1-8H,9-12H2,(H,22,23)/p+1. The molecule has 25 heavy (non-hydrogen) atoms. The quantitative estimate of drug-likeness (QED) is 0.356. The molecule has 0 aliphatic carbocycles. The van der Waals surface area contributed by atoms with Crippen molar-refractivity contribution >= 4 is 40.4 Å². The Morgan fingerprint density at radius 3 is 2.72 bits per heavy atom. The van der Waals surface area contributed by atoms with Crippen molar-refractivity contribution in [3.63, 3.8) is 0 Å². The minimum Gasteiger partial charge on any atom is -0.493 e. The highest BCUT2D eigenvalue weighted by atomic mass is 35.5. The van der Waals surface area contributed by atoms with E-state index in [1.807, 2.05) is 41.0 Å². The normalized spacial score (nSPS) is 10.9. The first-order valence-corrected chi connectivity index (χ1v) is 9.23. The molecular formula is C18H18ClN2O3S+. The van der Waals surface area contributed by atoms with E-state index in [-0.39, 0.29) is 6.42 Å². The van der Waals surface area contributed by atoms with Crippen LogP contribution in [-0.2, 0) is 11.3 Å². The molecule has 2 aromatic carbocycles. The first kappa shape index (κ1) is 17.6. The summed E-state index contributed by atoms with van der Waals surface area (Å²) in [5.74, 6) is 0.711. The Balaban J connectivity index is 1.64. The third kappa shape index (κ3) is 4.67. The molecule has 1 heterocycles. The number of aliphatic carboxylic acids is 1. The summed E-state index contributed by atoms with van der Waals surface area (Å²) in [4.78, 5) is 14.3. The highest BCUT2D eigenvalue weighted by molar-refractivity contribution is 7.99. The Kier molecular flexibility index (Phi) is 5.83. The van der Waals surface area contributed by atoms with Crippen LogP contribution in [0.15, 0.2) is 53.7 Å². The second-order valence-corrected chi connectivity index (χ2v) is 6.91. The van der Waals surface area contributed by atoms with E-state index in [2.05, 4.69) is 4.98 Å². The summed E-state index contributed by atoms with van der Waals surface area (Å²) >= 11 is 7.46. The smallest absolute Gasteiger partial charge is 0.316 e. The molecule has 2 N–H and O–H groups in total. The Morgan fingerprint density at radius 1 is 1.20 bits per heavy atom. The van der Waals surface area contributed by atoms with Crippen molar-refractivity contribution in [2.75, 3.05) is 12.4 Å². The number of rotatable bonds is 8. The van der Waals surface area contributed by atoms with Gasteiger partial charge in [0.05, 0.1) is 13.0 Å². The van der Waals surface area contributed by atoms with E-state index in [9.17, 15) is 4.79 Å². The molecule has 7 heteroatoms. The number of nitrogens with zero attached hydrogens (tertiary/aromatic N) is 1. The summed E-state index contributed by atoms with van der Waals surface area (Å²) in [6.07, 6.45) is 0.0847. The first-order valence-electron chi connectivity index (χ1n) is 7.87. The summed E-state index contributed by atoms with van der Waals surface area (Å²) in [7, 11) is 0. The van der Waals surface area contributed by atoms with E-state index in [0.29, 0.717) is 18.2 Å². The molecule has 0 unspecified atom stereocenters. The number of carboxylic acid groups (broad SMARTS) is 1. The molecular weight excluding hydrogens is 360 g/mol. The molecule has 3 rings (SSSR count). The van der Waals surface area contributed by atoms with Crippen molar-refractivity contribution < 1.29 is 19.2 Å². The Labute approximate surface area is 154 Å². The van der Waals surface area contributed by atoms with Crippen molar-refractivity contribution in [3.8, 4) is 5.75 Å². The number of hydrogen-bond donors (Lipinski definition) is 2. The molecule has 0 aliphatic heterocycles. The Morgan fingerprint density at radius 2 is 1.96 bits per heavy atom. The molecule has 0 aliphatic rings. The Bertz CT molecular complexity index is 864. The van der Waals surface area contributed by atoms with E-state index in [1.165, 1.54) is 0 Å². The van der Waals surface area contributed by atoms with Crippen LogP contribution in [0.1, 0.15) is 6.42 Å². The molecule has 0 saturated carbocycles. The van der Waals surface area contributed by atoms with Gasteiger partial charge in [0.2, 0.25) is 0 Å². The molecule has 3 aromatic rings. The number of halogens is 1. The summed E-state index contributed by atoms with van der Waals surface area (Å²) in [6, 6.07) is 15.1. The van der Waals surface area contributed by atoms with Gasteiger partial charge in [-0.3, -0.25) is 4.79 Å². The fourth-order valence-electron chi connectivity index (χ4n) is 2.48. The number of imidazole rings is 1. The van der Waals surface area contributed by atoms with Gasteiger partial charge in [0.15, 0.2) is 11.0 Å². The van der Waals surface area contributed by atoms with Gasteiger partial charge < -0.3 is 9.84 Å². The van der Waals surface area contributed by atoms with Crippen LogP contribution >= 0.6 is 23.4 Å². The van der Waals surface area contributed by atoms with Crippen molar-refractivity contribution in [1.82, 2.24) is 4.98 Å². The molecule has 0 spiro atoms. The number of aromatic nitrogens is 2. The van der Waals surface area contributed by atoms with Crippen LogP contribution in [-0.4, -0.2) is 28.4 Å². The second kappa shape index (κ2) is 8.27. The largest absolute Gasteiger partial charge is 0.493 e. The van der Waals surface area contributed by atoms with Crippen LogP contribution in [0, 0.1) is 0 Å². The number of nitrogens with one attached hydrogen (secondary N) is 1. The van der Waals surface area contributed by atoms with E-state index in [4.69, 9.17) is 21.4 Å². The third-order valence-electron chi connectivity index (χ3n) is 3.64. The molecule has 1 aromatic heterocycles. The number of thioether (sulfide) groups is 1. The maximum Gasteiger partial charge on any atom is 0.316 e. The minimum atomic E-state index is -0.806. The number of H-pyrrole nitrogens is 1. The molecule has 0 amide bonds. The van der Waals surface area contributed by atoms with Crippen LogP contribution in [0.5, 0.6) is 5.75 Å². The third-order valence-corrected chi connectivity index (χ3v) is 4.85.